The van der Waals surface area contributed by atoms with Crippen LogP contribution < -0.4 is 5.73 Å². The third-order valence-electron chi connectivity index (χ3n) is 2.90. The number of carbonyl (C=O) groups is 1. The minimum Gasteiger partial charge on any atom is -0.364 e. The zero-order chi connectivity index (χ0) is 12.3. The van der Waals surface area contributed by atoms with Gasteiger partial charge in [-0.2, -0.15) is 0 Å². The Hall–Kier alpha value is -0.980. The van der Waals surface area contributed by atoms with Crippen LogP contribution in [0.3, 0.4) is 0 Å². The number of ether oxygens (including phenoxy) is 1. The van der Waals surface area contributed by atoms with Gasteiger partial charge < -0.3 is 15.4 Å². The van der Waals surface area contributed by atoms with Crippen LogP contribution in [-0.4, -0.2) is 41.6 Å². The average Bonchev–Trinajstić information content (AvgIpc) is 2.98. The van der Waals surface area contributed by atoms with Gasteiger partial charge in [0.05, 0.1) is 23.9 Å². The van der Waals surface area contributed by atoms with E-state index in [0.717, 1.165) is 18.5 Å². The second-order valence-electron chi connectivity index (χ2n) is 4.23. The molecule has 1 aliphatic rings. The lowest BCUT2D eigenvalue weighted by atomic mass is 10.2. The Kier molecular flexibility index (Phi) is 4.09. The van der Waals surface area contributed by atoms with Crippen LogP contribution in [0.2, 0.25) is 0 Å². The minimum atomic E-state index is -0.327. The lowest BCUT2D eigenvalue weighted by molar-refractivity contribution is -0.141. The zero-order valence-corrected chi connectivity index (χ0v) is 10.7. The average molecular weight is 255 g/mol. The van der Waals surface area contributed by atoms with Crippen molar-refractivity contribution >= 4 is 17.2 Å². The highest BCUT2D eigenvalue weighted by molar-refractivity contribution is 7.07. The summed E-state index contributed by atoms with van der Waals surface area (Å²) in [6.45, 7) is 1.02. The second-order valence-corrected chi connectivity index (χ2v) is 4.95. The number of carbonyl (C=O) groups excluding carboxylic acids is 1. The summed E-state index contributed by atoms with van der Waals surface area (Å²) < 4.78 is 5.58. The fraction of sp³-hybridized carbons (Fsp3) is 0.636. The van der Waals surface area contributed by atoms with Crippen LogP contribution >= 0.6 is 11.3 Å². The van der Waals surface area contributed by atoms with Crippen molar-refractivity contribution in [2.24, 2.45) is 5.73 Å². The summed E-state index contributed by atoms with van der Waals surface area (Å²) in [6, 6.07) is 0. The van der Waals surface area contributed by atoms with E-state index in [2.05, 4.69) is 4.98 Å². The molecule has 1 saturated heterocycles. The van der Waals surface area contributed by atoms with Crippen molar-refractivity contribution < 1.29 is 9.53 Å². The Morgan fingerprint density at radius 3 is 3.12 bits per heavy atom. The van der Waals surface area contributed by atoms with Crippen LogP contribution in [0.5, 0.6) is 0 Å². The van der Waals surface area contributed by atoms with E-state index in [1.54, 1.807) is 17.5 Å². The number of thiazole rings is 1. The Balaban J connectivity index is 1.87. The summed E-state index contributed by atoms with van der Waals surface area (Å²) >= 11 is 1.53. The molecule has 0 saturated carbocycles. The van der Waals surface area contributed by atoms with Gasteiger partial charge in [-0.3, -0.25) is 4.79 Å². The van der Waals surface area contributed by atoms with Gasteiger partial charge in [-0.05, 0) is 12.8 Å². The number of aromatic nitrogens is 1. The first kappa shape index (κ1) is 12.5. The highest BCUT2D eigenvalue weighted by Gasteiger charge is 2.31. The van der Waals surface area contributed by atoms with Crippen LogP contribution in [0.15, 0.2) is 10.9 Å². The predicted molar refractivity (Wildman–Crippen MR) is 65.5 cm³/mol. The molecular weight excluding hydrogens is 238 g/mol. The van der Waals surface area contributed by atoms with E-state index in [4.69, 9.17) is 10.5 Å². The molecule has 94 valence electrons. The van der Waals surface area contributed by atoms with Crippen LogP contribution in [0.4, 0.5) is 0 Å². The van der Waals surface area contributed by atoms with Crippen LogP contribution in [0, 0.1) is 0 Å². The number of nitrogens with two attached hydrogens (primary N) is 1. The quantitative estimate of drug-likeness (QED) is 0.856. The Morgan fingerprint density at radius 1 is 1.71 bits per heavy atom. The summed E-state index contributed by atoms with van der Waals surface area (Å²) in [5.41, 5.74) is 8.21. The number of likely N-dealkylation sites (N-methyl/N-ethyl adjacent to an activating group) is 1. The summed E-state index contributed by atoms with van der Waals surface area (Å²) in [4.78, 5) is 17.9. The van der Waals surface area contributed by atoms with E-state index >= 15 is 0 Å². The third-order valence-corrected chi connectivity index (χ3v) is 3.54. The summed E-state index contributed by atoms with van der Waals surface area (Å²) in [5, 5.41) is 1.95. The fourth-order valence-electron chi connectivity index (χ4n) is 1.94. The molecule has 2 N–H and O–H groups in total. The topological polar surface area (TPSA) is 68.5 Å². The van der Waals surface area contributed by atoms with E-state index in [1.165, 1.54) is 11.3 Å². The van der Waals surface area contributed by atoms with E-state index in [-0.39, 0.29) is 18.1 Å². The summed E-state index contributed by atoms with van der Waals surface area (Å²) in [6.07, 6.45) is 1.35. The standard InChI is InChI=1S/C11H17N3O2S/c1-14(5-8-6-17-7-13-8)11(15)10-3-2-9(4-12)16-10/h6-7,9-10H,2-5,12H2,1H3. The molecule has 17 heavy (non-hydrogen) atoms. The molecule has 1 aromatic rings. The van der Waals surface area contributed by atoms with Crippen LogP contribution in [0.25, 0.3) is 0 Å². The highest BCUT2D eigenvalue weighted by atomic mass is 32.1. The largest absolute Gasteiger partial charge is 0.364 e. The van der Waals surface area contributed by atoms with Gasteiger partial charge in [0, 0.05) is 19.0 Å². The van der Waals surface area contributed by atoms with Gasteiger partial charge in [-0.25, -0.2) is 4.98 Å². The molecule has 0 spiro atoms. The molecule has 0 bridgehead atoms. The summed E-state index contributed by atoms with van der Waals surface area (Å²) in [7, 11) is 1.78. The van der Waals surface area contributed by atoms with Gasteiger partial charge in [-0.15, -0.1) is 11.3 Å². The van der Waals surface area contributed by atoms with Gasteiger partial charge in [0.25, 0.3) is 5.91 Å². The number of nitrogens with zero attached hydrogens (tertiary/aromatic N) is 2. The number of rotatable bonds is 4. The second kappa shape index (κ2) is 5.57. The highest BCUT2D eigenvalue weighted by Crippen LogP contribution is 2.20. The molecule has 5 nitrogen and oxygen atoms in total. The predicted octanol–water partition coefficient (Wildman–Crippen LogP) is 0.608. The number of amides is 1. The molecule has 1 fully saturated rings. The Labute approximate surface area is 105 Å². The first-order valence-corrected chi connectivity index (χ1v) is 6.62. The normalized spacial score (nSPS) is 23.9. The van der Waals surface area contributed by atoms with Crippen molar-refractivity contribution in [1.29, 1.82) is 0 Å². The van der Waals surface area contributed by atoms with Gasteiger partial charge in [0.1, 0.15) is 6.10 Å². The monoisotopic (exact) mass is 255 g/mol. The first-order valence-electron chi connectivity index (χ1n) is 5.68. The molecule has 0 aromatic carbocycles. The van der Waals surface area contributed by atoms with E-state index < -0.39 is 0 Å². The Morgan fingerprint density at radius 2 is 2.53 bits per heavy atom. The fourth-order valence-corrected chi connectivity index (χ4v) is 2.49. The maximum Gasteiger partial charge on any atom is 0.251 e. The van der Waals surface area contributed by atoms with Gasteiger partial charge >= 0.3 is 0 Å². The van der Waals surface area contributed by atoms with Gasteiger partial charge in [0.2, 0.25) is 0 Å². The maximum absolute atomic E-state index is 12.1. The molecule has 0 radical (unpaired) electrons. The molecular formula is C11H17N3O2S. The van der Waals surface area contributed by atoms with Crippen molar-refractivity contribution in [2.75, 3.05) is 13.6 Å². The van der Waals surface area contributed by atoms with E-state index in [9.17, 15) is 4.79 Å². The third kappa shape index (κ3) is 3.02. The molecule has 2 rings (SSSR count). The van der Waals surface area contributed by atoms with Gasteiger partial charge in [-0.1, -0.05) is 0 Å². The molecule has 1 aliphatic heterocycles. The molecule has 2 heterocycles. The first-order chi connectivity index (χ1) is 8.20. The summed E-state index contributed by atoms with van der Waals surface area (Å²) in [5.74, 6) is 0.0222. The molecule has 1 amide bonds. The smallest absolute Gasteiger partial charge is 0.251 e. The molecule has 2 unspecified atom stereocenters. The number of hydrogen-bond donors (Lipinski definition) is 1. The van der Waals surface area contributed by atoms with Crippen LogP contribution in [0.1, 0.15) is 18.5 Å². The van der Waals surface area contributed by atoms with E-state index in [0.29, 0.717) is 13.1 Å². The maximum atomic E-state index is 12.1. The van der Waals surface area contributed by atoms with E-state index in [1.807, 2.05) is 5.38 Å². The van der Waals surface area contributed by atoms with Crippen molar-refractivity contribution in [3.05, 3.63) is 16.6 Å². The van der Waals surface area contributed by atoms with Crippen LogP contribution in [-0.2, 0) is 16.1 Å². The lowest BCUT2D eigenvalue weighted by Crippen LogP contribution is -2.36. The van der Waals surface area contributed by atoms with Crippen molar-refractivity contribution in [1.82, 2.24) is 9.88 Å². The molecule has 0 aliphatic carbocycles. The Bertz CT molecular complexity index is 369. The molecule has 1 aromatic heterocycles. The van der Waals surface area contributed by atoms with Crippen molar-refractivity contribution in [3.63, 3.8) is 0 Å². The zero-order valence-electron chi connectivity index (χ0n) is 9.83. The van der Waals surface area contributed by atoms with Gasteiger partial charge in [0.15, 0.2) is 0 Å². The SMILES string of the molecule is CN(Cc1cscn1)C(=O)C1CCC(CN)O1. The number of hydrogen-bond acceptors (Lipinski definition) is 5. The molecule has 6 heteroatoms. The van der Waals surface area contributed by atoms with Crippen molar-refractivity contribution in [3.8, 4) is 0 Å². The molecule has 2 atom stereocenters. The lowest BCUT2D eigenvalue weighted by Gasteiger charge is -2.20. The van der Waals surface area contributed by atoms with Crippen molar-refractivity contribution in [2.45, 2.75) is 31.6 Å². The minimum absolute atomic E-state index is 0.0222.